The van der Waals surface area contributed by atoms with Crippen molar-refractivity contribution in [1.29, 1.82) is 0 Å². The first kappa shape index (κ1) is 20.1. The number of nitrogens with zero attached hydrogens (tertiary/aromatic N) is 2. The topological polar surface area (TPSA) is 101 Å². The van der Waals surface area contributed by atoms with Crippen LogP contribution in [0, 0.1) is 0 Å². The van der Waals surface area contributed by atoms with Crippen molar-refractivity contribution in [1.82, 2.24) is 9.97 Å². The van der Waals surface area contributed by atoms with Gasteiger partial charge < -0.3 is 16.2 Å². The van der Waals surface area contributed by atoms with Gasteiger partial charge in [0.2, 0.25) is 0 Å². The van der Waals surface area contributed by atoms with Gasteiger partial charge in [0.25, 0.3) is 0 Å². The Morgan fingerprint density at radius 3 is 2.82 bits per heavy atom. The zero-order chi connectivity index (χ0) is 19.8. The molecule has 0 aromatic carbocycles. The molecule has 0 bridgehead atoms. The molecule has 0 fully saturated rings. The van der Waals surface area contributed by atoms with Crippen LogP contribution in [0.15, 0.2) is 30.5 Å². The summed E-state index contributed by atoms with van der Waals surface area (Å²) < 4.78 is 0. The van der Waals surface area contributed by atoms with Crippen molar-refractivity contribution in [3.8, 4) is 0 Å². The summed E-state index contributed by atoms with van der Waals surface area (Å²) in [7, 11) is 0. The first-order valence-corrected chi connectivity index (χ1v) is 10.3. The third kappa shape index (κ3) is 5.94. The number of carboxylic acid groups (broad SMARTS) is 1. The number of aromatic nitrogens is 2. The molecule has 0 spiro atoms. The smallest absolute Gasteiger partial charge is 0.303 e. The van der Waals surface area contributed by atoms with Crippen molar-refractivity contribution in [2.75, 3.05) is 17.6 Å². The van der Waals surface area contributed by atoms with Crippen LogP contribution in [0.25, 0.3) is 0 Å². The summed E-state index contributed by atoms with van der Waals surface area (Å²) in [5.74, 6) is 0.758. The summed E-state index contributed by atoms with van der Waals surface area (Å²) in [5.41, 5.74) is 9.08. The fourth-order valence-corrected chi connectivity index (χ4v) is 3.81. The van der Waals surface area contributed by atoms with E-state index in [2.05, 4.69) is 22.4 Å². The van der Waals surface area contributed by atoms with Crippen LogP contribution in [-0.4, -0.2) is 27.6 Å². The molecule has 150 valence electrons. The number of unbranched alkanes of at least 4 members (excludes halogenated alkanes) is 3. The van der Waals surface area contributed by atoms with Crippen LogP contribution in [-0.2, 0) is 17.6 Å². The Balaban J connectivity index is 1.40. The van der Waals surface area contributed by atoms with E-state index >= 15 is 0 Å². The van der Waals surface area contributed by atoms with Crippen LogP contribution >= 0.6 is 0 Å². The average molecular weight is 383 g/mol. The fourth-order valence-electron chi connectivity index (χ4n) is 3.81. The number of pyridine rings is 2. The van der Waals surface area contributed by atoms with E-state index in [0.29, 0.717) is 5.82 Å². The molecule has 3 rings (SSSR count). The number of aryl methyl sites for hydroxylation is 2. The maximum Gasteiger partial charge on any atom is 0.303 e. The van der Waals surface area contributed by atoms with Gasteiger partial charge in [-0.15, -0.1) is 0 Å². The minimum atomic E-state index is -0.770. The Hall–Kier alpha value is -2.63. The number of fused-ring (bicyclic) bond motifs is 1. The van der Waals surface area contributed by atoms with E-state index in [1.807, 2.05) is 6.07 Å². The van der Waals surface area contributed by atoms with Gasteiger partial charge in [-0.25, -0.2) is 9.97 Å². The molecule has 1 aliphatic heterocycles. The van der Waals surface area contributed by atoms with Crippen molar-refractivity contribution < 1.29 is 9.90 Å². The second-order valence-corrected chi connectivity index (χ2v) is 7.60. The highest BCUT2D eigenvalue weighted by Crippen LogP contribution is 2.26. The Labute approximate surface area is 166 Å². The summed E-state index contributed by atoms with van der Waals surface area (Å²) >= 11 is 0. The average Bonchev–Trinajstić information content (AvgIpc) is 2.70. The second-order valence-electron chi connectivity index (χ2n) is 7.60. The highest BCUT2D eigenvalue weighted by Gasteiger charge is 2.16. The molecule has 2 aromatic rings. The van der Waals surface area contributed by atoms with Crippen molar-refractivity contribution in [2.45, 2.75) is 63.7 Å². The van der Waals surface area contributed by atoms with Crippen LogP contribution in [0.3, 0.4) is 0 Å². The lowest BCUT2D eigenvalue weighted by Gasteiger charge is -2.17. The molecule has 0 amide bonds. The van der Waals surface area contributed by atoms with Crippen molar-refractivity contribution in [3.63, 3.8) is 0 Å². The van der Waals surface area contributed by atoms with E-state index in [0.717, 1.165) is 68.6 Å². The summed E-state index contributed by atoms with van der Waals surface area (Å²) in [5, 5.41) is 12.6. The lowest BCUT2D eigenvalue weighted by atomic mass is 9.91. The minimum absolute atomic E-state index is 0.000938. The Kier molecular flexibility index (Phi) is 7.23. The number of carbonyl (C=O) groups is 1. The standard InChI is InChI=1S/C22H30N4O2/c23-20-12-10-18(15-25-20)17(14-21(27)28)6-3-1-2-4-8-19-11-9-16-7-5-13-24-22(16)26-19/h9-12,15,17H,1-8,13-14H2,(H2,23,25)(H,24,26)(H,27,28). The highest BCUT2D eigenvalue weighted by molar-refractivity contribution is 5.68. The molecule has 1 unspecified atom stereocenters. The molecule has 0 aliphatic carbocycles. The number of nitrogen functional groups attached to an aromatic ring is 1. The summed E-state index contributed by atoms with van der Waals surface area (Å²) in [4.78, 5) is 20.0. The molecule has 0 saturated carbocycles. The number of carboxylic acids is 1. The zero-order valence-electron chi connectivity index (χ0n) is 16.4. The van der Waals surface area contributed by atoms with Gasteiger partial charge in [-0.1, -0.05) is 31.4 Å². The fraction of sp³-hybridized carbons (Fsp3) is 0.500. The molecule has 6 nitrogen and oxygen atoms in total. The molecule has 28 heavy (non-hydrogen) atoms. The number of nitrogens with one attached hydrogen (secondary N) is 1. The SMILES string of the molecule is Nc1ccc(C(CCCCCCc2ccc3c(n2)NCCC3)CC(=O)O)cn1. The van der Waals surface area contributed by atoms with Gasteiger partial charge in [-0.05, 0) is 61.3 Å². The van der Waals surface area contributed by atoms with E-state index in [-0.39, 0.29) is 12.3 Å². The predicted octanol–water partition coefficient (Wildman–Crippen LogP) is 4.17. The lowest BCUT2D eigenvalue weighted by Crippen LogP contribution is -2.13. The van der Waals surface area contributed by atoms with E-state index < -0.39 is 5.97 Å². The zero-order valence-corrected chi connectivity index (χ0v) is 16.4. The number of nitrogens with two attached hydrogens (primary N) is 1. The normalized spacial score (nSPS) is 14.1. The maximum atomic E-state index is 11.2. The van der Waals surface area contributed by atoms with Crippen LogP contribution in [0.5, 0.6) is 0 Å². The lowest BCUT2D eigenvalue weighted by molar-refractivity contribution is -0.137. The number of aliphatic carboxylic acids is 1. The van der Waals surface area contributed by atoms with Crippen LogP contribution in [0.4, 0.5) is 11.6 Å². The number of hydrogen-bond acceptors (Lipinski definition) is 5. The summed E-state index contributed by atoms with van der Waals surface area (Å²) in [6.45, 7) is 1.02. The Bertz CT molecular complexity index is 777. The third-order valence-electron chi connectivity index (χ3n) is 5.39. The second kappa shape index (κ2) is 10.1. The molecule has 1 aliphatic rings. The van der Waals surface area contributed by atoms with Gasteiger partial charge in [0.1, 0.15) is 11.6 Å². The quantitative estimate of drug-likeness (QED) is 0.533. The van der Waals surface area contributed by atoms with Gasteiger partial charge in [-0.3, -0.25) is 4.79 Å². The highest BCUT2D eigenvalue weighted by atomic mass is 16.4. The summed E-state index contributed by atoms with van der Waals surface area (Å²) in [6, 6.07) is 8.00. The molecule has 1 atom stereocenters. The largest absolute Gasteiger partial charge is 0.481 e. The molecular weight excluding hydrogens is 352 g/mol. The van der Waals surface area contributed by atoms with Gasteiger partial charge in [0, 0.05) is 18.4 Å². The van der Waals surface area contributed by atoms with Gasteiger partial charge in [-0.2, -0.15) is 0 Å². The van der Waals surface area contributed by atoms with E-state index in [4.69, 9.17) is 10.7 Å². The van der Waals surface area contributed by atoms with Gasteiger partial charge >= 0.3 is 5.97 Å². The molecule has 2 aromatic heterocycles. The van der Waals surface area contributed by atoms with E-state index in [9.17, 15) is 9.90 Å². The minimum Gasteiger partial charge on any atom is -0.481 e. The molecule has 3 heterocycles. The number of anilines is 2. The van der Waals surface area contributed by atoms with Crippen LogP contribution in [0.1, 0.15) is 67.7 Å². The molecule has 0 saturated heterocycles. The first-order chi connectivity index (χ1) is 13.6. The van der Waals surface area contributed by atoms with Crippen LogP contribution in [0.2, 0.25) is 0 Å². The van der Waals surface area contributed by atoms with E-state index in [1.54, 1.807) is 12.3 Å². The maximum absolute atomic E-state index is 11.2. The Morgan fingerprint density at radius 2 is 2.04 bits per heavy atom. The number of hydrogen-bond donors (Lipinski definition) is 3. The molecule has 4 N–H and O–H groups in total. The predicted molar refractivity (Wildman–Crippen MR) is 111 cm³/mol. The van der Waals surface area contributed by atoms with Crippen molar-refractivity contribution in [3.05, 3.63) is 47.3 Å². The Morgan fingerprint density at radius 1 is 1.18 bits per heavy atom. The van der Waals surface area contributed by atoms with E-state index in [1.165, 1.54) is 12.0 Å². The first-order valence-electron chi connectivity index (χ1n) is 10.3. The van der Waals surface area contributed by atoms with Crippen molar-refractivity contribution >= 4 is 17.6 Å². The molecule has 0 radical (unpaired) electrons. The number of rotatable bonds is 10. The molecule has 6 heteroatoms. The molecular formula is C22H30N4O2. The van der Waals surface area contributed by atoms with Crippen molar-refractivity contribution in [2.24, 2.45) is 0 Å². The van der Waals surface area contributed by atoms with Gasteiger partial charge in [0.15, 0.2) is 0 Å². The van der Waals surface area contributed by atoms with Gasteiger partial charge in [0.05, 0.1) is 6.42 Å². The summed E-state index contributed by atoms with van der Waals surface area (Å²) in [6.07, 6.45) is 10.4. The monoisotopic (exact) mass is 382 g/mol. The third-order valence-corrected chi connectivity index (χ3v) is 5.39. The van der Waals surface area contributed by atoms with Crippen LogP contribution < -0.4 is 11.1 Å².